The highest BCUT2D eigenvalue weighted by molar-refractivity contribution is 9.10. The molecular weight excluding hydrogens is 614 g/mol. The largest absolute Gasteiger partial charge is 0.489 e. The summed E-state index contributed by atoms with van der Waals surface area (Å²) >= 11 is 3.48. The van der Waals surface area contributed by atoms with Gasteiger partial charge in [0, 0.05) is 22.8 Å². The second-order valence-electron chi connectivity index (χ2n) is 9.43. The summed E-state index contributed by atoms with van der Waals surface area (Å²) in [7, 11) is 0. The fourth-order valence-electron chi connectivity index (χ4n) is 4.08. The van der Waals surface area contributed by atoms with E-state index in [-0.39, 0.29) is 5.91 Å². The first-order chi connectivity index (χ1) is 21.2. The third-order valence-electron chi connectivity index (χ3n) is 6.18. The number of hydrogen-bond acceptors (Lipinski definition) is 7. The zero-order valence-corrected chi connectivity index (χ0v) is 26.0. The van der Waals surface area contributed by atoms with Crippen LogP contribution in [0.3, 0.4) is 0 Å². The normalized spacial score (nSPS) is 11.0. The smallest absolute Gasteiger partial charge is 0.259 e. The molecule has 0 aliphatic rings. The Morgan fingerprint density at radius 3 is 1.98 bits per heavy atom. The van der Waals surface area contributed by atoms with Gasteiger partial charge in [-0.15, -0.1) is 0 Å². The first-order valence-corrected chi connectivity index (χ1v) is 15.2. The number of anilines is 1. The van der Waals surface area contributed by atoms with E-state index in [4.69, 9.17) is 28.8 Å². The van der Waals surface area contributed by atoms with E-state index in [9.17, 15) is 4.79 Å². The predicted octanol–water partition coefficient (Wildman–Crippen LogP) is 6.41. The molecule has 1 aromatic heterocycles. The Balaban J connectivity index is 1.27. The molecule has 1 N–H and O–H groups in total. The van der Waals surface area contributed by atoms with Crippen molar-refractivity contribution < 1.29 is 28.5 Å². The third kappa shape index (κ3) is 10.6. The molecule has 1 amide bonds. The number of para-hydroxylation sites is 3. The summed E-state index contributed by atoms with van der Waals surface area (Å²) in [5.74, 6) is 0.262. The van der Waals surface area contributed by atoms with Crippen LogP contribution < -0.4 is 10.1 Å². The van der Waals surface area contributed by atoms with E-state index in [1.165, 1.54) is 0 Å². The fraction of sp³-hybridized carbons (Fsp3) is 0.333. The summed E-state index contributed by atoms with van der Waals surface area (Å²) in [5.41, 5.74) is 3.27. The van der Waals surface area contributed by atoms with Crippen molar-refractivity contribution in [2.75, 3.05) is 64.8 Å². The van der Waals surface area contributed by atoms with Crippen LogP contribution in [0.25, 0.3) is 16.9 Å². The monoisotopic (exact) mass is 651 g/mol. The van der Waals surface area contributed by atoms with Crippen molar-refractivity contribution in [2.24, 2.45) is 0 Å². The average molecular weight is 653 g/mol. The molecule has 4 aromatic rings. The maximum atomic E-state index is 13.6. The molecule has 4 rings (SSSR count). The Bertz CT molecular complexity index is 1380. The van der Waals surface area contributed by atoms with Crippen molar-refractivity contribution in [3.8, 4) is 22.7 Å². The van der Waals surface area contributed by atoms with E-state index in [1.807, 2.05) is 72.8 Å². The lowest BCUT2D eigenvalue weighted by atomic mass is 10.1. The molecule has 0 radical (unpaired) electrons. The summed E-state index contributed by atoms with van der Waals surface area (Å²) in [5, 5.41) is 7.76. The van der Waals surface area contributed by atoms with E-state index < -0.39 is 0 Å². The number of nitrogens with zero attached hydrogens (tertiary/aromatic N) is 2. The van der Waals surface area contributed by atoms with Gasteiger partial charge in [-0.2, -0.15) is 5.10 Å². The molecule has 43 heavy (non-hydrogen) atoms. The molecule has 228 valence electrons. The molecule has 0 bridgehead atoms. The van der Waals surface area contributed by atoms with Gasteiger partial charge < -0.3 is 29.0 Å². The number of ether oxygens (including phenoxy) is 5. The van der Waals surface area contributed by atoms with E-state index in [0.29, 0.717) is 75.5 Å². The quantitative estimate of drug-likeness (QED) is 0.117. The van der Waals surface area contributed by atoms with Crippen LogP contribution in [-0.2, 0) is 18.9 Å². The third-order valence-corrected chi connectivity index (χ3v) is 6.71. The van der Waals surface area contributed by atoms with Gasteiger partial charge in [-0.1, -0.05) is 65.3 Å². The molecule has 0 saturated heterocycles. The minimum atomic E-state index is -0.290. The minimum absolute atomic E-state index is 0.290. The van der Waals surface area contributed by atoms with Crippen LogP contribution in [0.2, 0.25) is 0 Å². The van der Waals surface area contributed by atoms with Crippen LogP contribution in [0.15, 0.2) is 89.5 Å². The molecule has 0 aliphatic heterocycles. The summed E-state index contributed by atoms with van der Waals surface area (Å²) in [6, 6.07) is 24.7. The zero-order chi connectivity index (χ0) is 30.1. The molecule has 0 fully saturated rings. The van der Waals surface area contributed by atoms with Crippen molar-refractivity contribution >= 4 is 27.5 Å². The number of hydrogen-bond donors (Lipinski definition) is 1. The molecule has 0 atom stereocenters. The minimum Gasteiger partial charge on any atom is -0.489 e. The lowest BCUT2D eigenvalue weighted by Gasteiger charge is -2.13. The second kappa shape index (κ2) is 18.2. The summed E-state index contributed by atoms with van der Waals surface area (Å²) in [6.45, 7) is 6.68. The van der Waals surface area contributed by atoms with E-state index in [2.05, 4.69) is 28.2 Å². The molecule has 3 aromatic carbocycles. The standard InChI is InChI=1S/C33H38BrN3O6/c1-2-16-39-17-18-40-19-20-41-21-22-42-23-24-43-31-11-7-6-10-30(31)35-33(38)29-25-37(28-8-4-3-5-9-28)36-32(29)26-12-14-27(34)15-13-26/h3-15,25H,2,16-24H2,1H3,(H,35,38). The Labute approximate surface area is 261 Å². The molecule has 1 heterocycles. The molecule has 10 heteroatoms. The van der Waals surface area contributed by atoms with Crippen molar-refractivity contribution in [2.45, 2.75) is 13.3 Å². The van der Waals surface area contributed by atoms with Crippen LogP contribution in [0, 0.1) is 0 Å². The number of rotatable bonds is 19. The molecule has 0 aliphatic carbocycles. The lowest BCUT2D eigenvalue weighted by Crippen LogP contribution is -2.15. The first-order valence-electron chi connectivity index (χ1n) is 14.4. The van der Waals surface area contributed by atoms with Crippen LogP contribution in [0.5, 0.6) is 5.75 Å². The van der Waals surface area contributed by atoms with Crippen molar-refractivity contribution in [1.82, 2.24) is 9.78 Å². The topological polar surface area (TPSA) is 93.1 Å². The van der Waals surface area contributed by atoms with Crippen LogP contribution >= 0.6 is 15.9 Å². The van der Waals surface area contributed by atoms with Gasteiger partial charge in [-0.25, -0.2) is 4.68 Å². The predicted molar refractivity (Wildman–Crippen MR) is 170 cm³/mol. The highest BCUT2D eigenvalue weighted by Crippen LogP contribution is 2.28. The lowest BCUT2D eigenvalue weighted by molar-refractivity contribution is -0.00448. The molecule has 0 unspecified atom stereocenters. The van der Waals surface area contributed by atoms with E-state index in [1.54, 1.807) is 16.9 Å². The van der Waals surface area contributed by atoms with Crippen LogP contribution in [-0.4, -0.2) is 75.1 Å². The SMILES string of the molecule is CCCOCCOCCOCCOCCOc1ccccc1NC(=O)c1cn(-c2ccccc2)nc1-c1ccc(Br)cc1. The number of aromatic nitrogens is 2. The summed E-state index contributed by atoms with van der Waals surface area (Å²) in [4.78, 5) is 13.6. The molecule has 0 spiro atoms. The van der Waals surface area contributed by atoms with Crippen molar-refractivity contribution in [3.63, 3.8) is 0 Å². The van der Waals surface area contributed by atoms with E-state index >= 15 is 0 Å². The van der Waals surface area contributed by atoms with Gasteiger partial charge in [-0.3, -0.25) is 4.79 Å². The second-order valence-corrected chi connectivity index (χ2v) is 10.3. The number of halogens is 1. The highest BCUT2D eigenvalue weighted by atomic mass is 79.9. The van der Waals surface area contributed by atoms with Gasteiger partial charge in [0.05, 0.1) is 63.2 Å². The maximum Gasteiger partial charge on any atom is 0.259 e. The van der Waals surface area contributed by atoms with Gasteiger partial charge in [0.2, 0.25) is 0 Å². The maximum absolute atomic E-state index is 13.6. The van der Waals surface area contributed by atoms with Gasteiger partial charge in [0.15, 0.2) is 0 Å². The van der Waals surface area contributed by atoms with Crippen molar-refractivity contribution in [3.05, 3.63) is 95.1 Å². The van der Waals surface area contributed by atoms with E-state index in [0.717, 1.165) is 28.8 Å². The fourth-order valence-corrected chi connectivity index (χ4v) is 4.34. The Morgan fingerprint density at radius 2 is 1.33 bits per heavy atom. The van der Waals surface area contributed by atoms with Crippen LogP contribution in [0.1, 0.15) is 23.7 Å². The summed E-state index contributed by atoms with van der Waals surface area (Å²) < 4.78 is 30.6. The Hall–Kier alpha value is -3.54. The van der Waals surface area contributed by atoms with Gasteiger partial charge in [-0.05, 0) is 42.8 Å². The molecular formula is C33H38BrN3O6. The van der Waals surface area contributed by atoms with Gasteiger partial charge in [0.1, 0.15) is 18.1 Å². The van der Waals surface area contributed by atoms with Crippen LogP contribution in [0.4, 0.5) is 5.69 Å². The number of benzene rings is 3. The number of carbonyl (C=O) groups excluding carboxylic acids is 1. The Kier molecular flexibility index (Phi) is 13.7. The average Bonchev–Trinajstić information content (AvgIpc) is 3.49. The zero-order valence-electron chi connectivity index (χ0n) is 24.4. The highest BCUT2D eigenvalue weighted by Gasteiger charge is 2.20. The van der Waals surface area contributed by atoms with Gasteiger partial charge >= 0.3 is 0 Å². The molecule has 0 saturated carbocycles. The number of nitrogens with one attached hydrogen (secondary N) is 1. The van der Waals surface area contributed by atoms with Crippen molar-refractivity contribution in [1.29, 1.82) is 0 Å². The molecule has 9 nitrogen and oxygen atoms in total. The van der Waals surface area contributed by atoms with Gasteiger partial charge in [0.25, 0.3) is 5.91 Å². The Morgan fingerprint density at radius 1 is 0.744 bits per heavy atom. The first kappa shape index (κ1) is 32.4. The number of amides is 1. The number of carbonyl (C=O) groups is 1. The summed E-state index contributed by atoms with van der Waals surface area (Å²) in [6.07, 6.45) is 2.75.